The standard InChI is InChI=1S/C11H12F3NO2S/c12-11(13,14)8-2-1-3-9(6-8)15-10-4-5-18(16,17)7-10/h1-6,10,15-17H,7H2. The number of hydrogen-bond acceptors (Lipinski definition) is 3. The third-order valence-electron chi connectivity index (χ3n) is 2.50. The highest BCUT2D eigenvalue weighted by Crippen LogP contribution is 2.45. The second kappa shape index (κ2) is 4.49. The van der Waals surface area contributed by atoms with E-state index in [-0.39, 0.29) is 11.8 Å². The van der Waals surface area contributed by atoms with Crippen LogP contribution in [0.4, 0.5) is 18.9 Å². The van der Waals surface area contributed by atoms with Gasteiger partial charge in [0.1, 0.15) is 0 Å². The van der Waals surface area contributed by atoms with Crippen LogP contribution in [0.3, 0.4) is 0 Å². The molecule has 0 saturated heterocycles. The van der Waals surface area contributed by atoms with Crippen molar-refractivity contribution in [3.8, 4) is 0 Å². The molecule has 2 rings (SSSR count). The maximum atomic E-state index is 12.5. The van der Waals surface area contributed by atoms with Crippen molar-refractivity contribution < 1.29 is 22.3 Å². The summed E-state index contributed by atoms with van der Waals surface area (Å²) < 4.78 is 56.2. The number of nitrogens with one attached hydrogen (secondary N) is 1. The van der Waals surface area contributed by atoms with Crippen molar-refractivity contribution in [1.29, 1.82) is 0 Å². The summed E-state index contributed by atoms with van der Waals surface area (Å²) in [4.78, 5) is 0. The van der Waals surface area contributed by atoms with Gasteiger partial charge in [0.25, 0.3) is 0 Å². The molecular weight excluding hydrogens is 267 g/mol. The Morgan fingerprint density at radius 2 is 2.00 bits per heavy atom. The van der Waals surface area contributed by atoms with Gasteiger partial charge in [-0.15, -0.1) is 0 Å². The molecule has 1 aromatic rings. The predicted molar refractivity (Wildman–Crippen MR) is 65.7 cm³/mol. The van der Waals surface area contributed by atoms with Crippen LogP contribution in [0.1, 0.15) is 5.56 Å². The van der Waals surface area contributed by atoms with Crippen LogP contribution in [0.5, 0.6) is 0 Å². The summed E-state index contributed by atoms with van der Waals surface area (Å²) >= 11 is 0. The molecule has 0 spiro atoms. The lowest BCUT2D eigenvalue weighted by Crippen LogP contribution is -2.20. The quantitative estimate of drug-likeness (QED) is 0.772. The van der Waals surface area contributed by atoms with E-state index in [9.17, 15) is 22.3 Å². The van der Waals surface area contributed by atoms with E-state index in [2.05, 4.69) is 5.32 Å². The van der Waals surface area contributed by atoms with Gasteiger partial charge < -0.3 is 5.32 Å². The molecule has 18 heavy (non-hydrogen) atoms. The van der Waals surface area contributed by atoms with Gasteiger partial charge >= 0.3 is 6.18 Å². The lowest BCUT2D eigenvalue weighted by Gasteiger charge is -2.25. The summed E-state index contributed by atoms with van der Waals surface area (Å²) in [5.41, 5.74) is -0.433. The van der Waals surface area contributed by atoms with Crippen molar-refractivity contribution >= 4 is 16.3 Å². The van der Waals surface area contributed by atoms with Crippen molar-refractivity contribution in [1.82, 2.24) is 0 Å². The van der Waals surface area contributed by atoms with Crippen molar-refractivity contribution in [3.05, 3.63) is 41.3 Å². The fourth-order valence-electron chi connectivity index (χ4n) is 1.69. The zero-order valence-corrected chi connectivity index (χ0v) is 10.0. The molecule has 3 N–H and O–H groups in total. The first-order chi connectivity index (χ1) is 8.26. The molecule has 3 nitrogen and oxygen atoms in total. The zero-order chi connectivity index (χ0) is 13.4. The van der Waals surface area contributed by atoms with Crippen LogP contribution in [0.2, 0.25) is 0 Å². The lowest BCUT2D eigenvalue weighted by molar-refractivity contribution is -0.137. The SMILES string of the molecule is OS1(O)C=CC(Nc2cccc(C(F)(F)F)c2)C1. The summed E-state index contributed by atoms with van der Waals surface area (Å²) in [6, 6.07) is 4.44. The van der Waals surface area contributed by atoms with Crippen LogP contribution in [-0.4, -0.2) is 20.9 Å². The molecule has 7 heteroatoms. The number of alkyl halides is 3. The van der Waals surface area contributed by atoms with Gasteiger partial charge in [-0.3, -0.25) is 9.11 Å². The normalized spacial score (nSPS) is 23.9. The Labute approximate surface area is 104 Å². The van der Waals surface area contributed by atoms with Gasteiger partial charge in [-0.1, -0.05) is 6.07 Å². The second-order valence-corrected chi connectivity index (χ2v) is 6.08. The highest BCUT2D eigenvalue weighted by Gasteiger charge is 2.30. The Morgan fingerprint density at radius 1 is 1.28 bits per heavy atom. The van der Waals surface area contributed by atoms with Crippen molar-refractivity contribution in [2.75, 3.05) is 11.1 Å². The Bertz CT molecular complexity index is 474. The Morgan fingerprint density at radius 3 is 2.56 bits per heavy atom. The van der Waals surface area contributed by atoms with Crippen molar-refractivity contribution in [2.24, 2.45) is 0 Å². The number of benzene rings is 1. The Hall–Kier alpha value is -1.18. The molecule has 1 aliphatic rings. The van der Waals surface area contributed by atoms with E-state index in [0.29, 0.717) is 5.69 Å². The molecule has 0 aromatic heterocycles. The molecular formula is C11H12F3NO2S. The van der Waals surface area contributed by atoms with E-state index in [1.54, 1.807) is 6.08 Å². The molecule has 1 aromatic carbocycles. The minimum atomic E-state index is -4.38. The molecule has 1 aliphatic heterocycles. The van der Waals surface area contributed by atoms with Gasteiger partial charge in [0.2, 0.25) is 0 Å². The van der Waals surface area contributed by atoms with Crippen LogP contribution in [-0.2, 0) is 6.18 Å². The van der Waals surface area contributed by atoms with Gasteiger partial charge in [-0.25, -0.2) is 0 Å². The van der Waals surface area contributed by atoms with E-state index >= 15 is 0 Å². The van der Waals surface area contributed by atoms with Gasteiger partial charge in [0.15, 0.2) is 0 Å². The molecule has 1 unspecified atom stereocenters. The molecule has 100 valence electrons. The number of hydrogen-bond donors (Lipinski definition) is 3. The van der Waals surface area contributed by atoms with Crippen LogP contribution in [0, 0.1) is 0 Å². The smallest absolute Gasteiger partial charge is 0.377 e. The fourth-order valence-corrected chi connectivity index (χ4v) is 2.96. The molecule has 1 atom stereocenters. The monoisotopic (exact) mass is 279 g/mol. The maximum absolute atomic E-state index is 12.5. The average Bonchev–Trinajstić information content (AvgIpc) is 2.57. The Balaban J connectivity index is 2.10. The highest BCUT2D eigenvalue weighted by molar-refractivity contribution is 8.27. The molecule has 0 radical (unpaired) electrons. The minimum Gasteiger partial charge on any atom is -0.377 e. The molecule has 0 amide bonds. The first-order valence-electron chi connectivity index (χ1n) is 5.14. The number of halogens is 3. The van der Waals surface area contributed by atoms with Crippen LogP contribution in [0.15, 0.2) is 35.7 Å². The molecule has 1 heterocycles. The Kier molecular flexibility index (Phi) is 3.31. The predicted octanol–water partition coefficient (Wildman–Crippen LogP) is 3.76. The number of anilines is 1. The first-order valence-corrected chi connectivity index (χ1v) is 6.92. The van der Waals surface area contributed by atoms with Crippen molar-refractivity contribution in [3.63, 3.8) is 0 Å². The van der Waals surface area contributed by atoms with E-state index in [4.69, 9.17) is 0 Å². The topological polar surface area (TPSA) is 52.5 Å². The second-order valence-electron chi connectivity index (χ2n) is 4.04. The van der Waals surface area contributed by atoms with Gasteiger partial charge in [0.05, 0.1) is 17.4 Å². The molecule has 0 fully saturated rings. The molecule has 0 bridgehead atoms. The van der Waals surface area contributed by atoms with E-state index in [1.165, 1.54) is 17.5 Å². The van der Waals surface area contributed by atoms with Gasteiger partial charge in [0, 0.05) is 11.1 Å². The minimum absolute atomic E-state index is 0.0866. The van der Waals surface area contributed by atoms with Gasteiger partial charge in [-0.2, -0.15) is 23.8 Å². The lowest BCUT2D eigenvalue weighted by atomic mass is 10.2. The third-order valence-corrected chi connectivity index (χ3v) is 3.94. The summed E-state index contributed by atoms with van der Waals surface area (Å²) in [5, 5.41) is 4.11. The third kappa shape index (κ3) is 3.18. The fraction of sp³-hybridized carbons (Fsp3) is 0.273. The molecule has 0 saturated carbocycles. The molecule has 0 aliphatic carbocycles. The van der Waals surface area contributed by atoms with Crippen LogP contribution in [0.25, 0.3) is 0 Å². The van der Waals surface area contributed by atoms with Crippen molar-refractivity contribution in [2.45, 2.75) is 12.2 Å². The highest BCUT2D eigenvalue weighted by atomic mass is 32.3. The van der Waals surface area contributed by atoms with Crippen LogP contribution < -0.4 is 5.32 Å². The zero-order valence-electron chi connectivity index (χ0n) is 9.19. The first kappa shape index (κ1) is 13.3. The van der Waals surface area contributed by atoms with Crippen LogP contribution >= 0.6 is 10.6 Å². The summed E-state index contributed by atoms with van der Waals surface area (Å²) in [5.74, 6) is 0.0866. The average molecular weight is 279 g/mol. The number of rotatable bonds is 2. The maximum Gasteiger partial charge on any atom is 0.416 e. The summed E-state index contributed by atoms with van der Waals surface area (Å²) in [6.07, 6.45) is -2.83. The van der Waals surface area contributed by atoms with E-state index in [0.717, 1.165) is 12.1 Å². The summed E-state index contributed by atoms with van der Waals surface area (Å²) in [6.45, 7) is 0. The summed E-state index contributed by atoms with van der Waals surface area (Å²) in [7, 11) is -2.72. The van der Waals surface area contributed by atoms with Gasteiger partial charge in [-0.05, 0) is 24.3 Å². The van der Waals surface area contributed by atoms with E-state index in [1.807, 2.05) is 0 Å². The van der Waals surface area contributed by atoms with E-state index < -0.39 is 22.3 Å². The largest absolute Gasteiger partial charge is 0.416 e.